The van der Waals surface area contributed by atoms with E-state index in [1.54, 1.807) is 11.8 Å². The maximum absolute atomic E-state index is 4.36. The molecule has 2 aromatic rings. The lowest BCUT2D eigenvalue weighted by atomic mass is 10.3. The van der Waals surface area contributed by atoms with Gasteiger partial charge in [-0.15, -0.1) is 0 Å². The summed E-state index contributed by atoms with van der Waals surface area (Å²) >= 11 is 8.53. The lowest BCUT2D eigenvalue weighted by Crippen LogP contribution is -1.83. The van der Waals surface area contributed by atoms with Gasteiger partial charge in [-0.1, -0.05) is 27.7 Å². The molecular formula is C12H9Br2NS. The smallest absolute Gasteiger partial charge is 0.101 e. The molecule has 1 heterocycles. The largest absolute Gasteiger partial charge is 0.248 e. The second-order valence-corrected chi connectivity index (χ2v) is 6.19. The molecule has 0 aliphatic carbocycles. The van der Waals surface area contributed by atoms with Gasteiger partial charge in [-0.2, -0.15) is 0 Å². The molecule has 0 spiro atoms. The van der Waals surface area contributed by atoms with E-state index < -0.39 is 0 Å². The third-order valence-electron chi connectivity index (χ3n) is 2.06. The Labute approximate surface area is 116 Å². The summed E-state index contributed by atoms with van der Waals surface area (Å²) in [6.45, 7) is 2.07. The number of pyridine rings is 1. The van der Waals surface area contributed by atoms with Crippen molar-refractivity contribution in [2.75, 3.05) is 0 Å². The van der Waals surface area contributed by atoms with E-state index in [9.17, 15) is 0 Å². The van der Waals surface area contributed by atoms with E-state index in [2.05, 4.69) is 62.0 Å². The topological polar surface area (TPSA) is 12.9 Å². The van der Waals surface area contributed by atoms with Gasteiger partial charge in [0.25, 0.3) is 0 Å². The Bertz CT molecular complexity index is 497. The standard InChI is InChI=1S/C12H9Br2NS/c1-8-6-12(15-7-11(8)14)16-10-4-2-9(13)3-5-10/h2-7H,1H3. The fraction of sp³-hybridized carbons (Fsp3) is 0.0833. The first-order chi connectivity index (χ1) is 7.65. The Morgan fingerprint density at radius 3 is 2.44 bits per heavy atom. The number of aryl methyl sites for hydroxylation is 1. The molecule has 1 nitrogen and oxygen atoms in total. The highest BCUT2D eigenvalue weighted by Crippen LogP contribution is 2.29. The van der Waals surface area contributed by atoms with Gasteiger partial charge in [-0.05, 0) is 58.7 Å². The molecule has 0 radical (unpaired) electrons. The van der Waals surface area contributed by atoms with Crippen LogP contribution in [0, 0.1) is 6.92 Å². The van der Waals surface area contributed by atoms with E-state index in [4.69, 9.17) is 0 Å². The minimum Gasteiger partial charge on any atom is -0.248 e. The predicted molar refractivity (Wildman–Crippen MR) is 74.9 cm³/mol. The molecule has 0 amide bonds. The van der Waals surface area contributed by atoms with Crippen LogP contribution in [0.25, 0.3) is 0 Å². The summed E-state index contributed by atoms with van der Waals surface area (Å²) in [4.78, 5) is 5.55. The van der Waals surface area contributed by atoms with Gasteiger partial charge in [0.05, 0.1) is 0 Å². The monoisotopic (exact) mass is 357 g/mol. The summed E-state index contributed by atoms with van der Waals surface area (Å²) in [7, 11) is 0. The average molecular weight is 359 g/mol. The van der Waals surface area contributed by atoms with Crippen LogP contribution < -0.4 is 0 Å². The van der Waals surface area contributed by atoms with E-state index in [0.29, 0.717) is 0 Å². The van der Waals surface area contributed by atoms with Crippen molar-refractivity contribution in [2.24, 2.45) is 0 Å². The van der Waals surface area contributed by atoms with Crippen molar-refractivity contribution >= 4 is 43.6 Å². The van der Waals surface area contributed by atoms with Crippen molar-refractivity contribution in [2.45, 2.75) is 16.8 Å². The van der Waals surface area contributed by atoms with E-state index in [-0.39, 0.29) is 0 Å². The number of rotatable bonds is 2. The first-order valence-corrected chi connectivity index (χ1v) is 7.11. The van der Waals surface area contributed by atoms with Gasteiger partial charge in [0.1, 0.15) is 5.03 Å². The lowest BCUT2D eigenvalue weighted by Gasteiger charge is -2.03. The molecule has 0 bridgehead atoms. The normalized spacial score (nSPS) is 10.4. The molecule has 4 heteroatoms. The maximum Gasteiger partial charge on any atom is 0.101 e. The van der Waals surface area contributed by atoms with E-state index in [1.807, 2.05) is 18.3 Å². The second-order valence-electron chi connectivity index (χ2n) is 3.33. The van der Waals surface area contributed by atoms with Crippen LogP contribution in [0.1, 0.15) is 5.56 Å². The third kappa shape index (κ3) is 3.09. The summed E-state index contributed by atoms with van der Waals surface area (Å²) in [5.41, 5.74) is 1.20. The highest BCUT2D eigenvalue weighted by molar-refractivity contribution is 9.10. The van der Waals surface area contributed by atoms with E-state index in [0.717, 1.165) is 14.0 Å². The molecule has 0 saturated heterocycles. The Kier molecular flexibility index (Phi) is 4.05. The molecule has 0 aliphatic rings. The second kappa shape index (κ2) is 5.34. The summed E-state index contributed by atoms with van der Waals surface area (Å²) < 4.78 is 2.14. The van der Waals surface area contributed by atoms with Gasteiger partial charge < -0.3 is 0 Å². The van der Waals surface area contributed by atoms with Gasteiger partial charge in [0.15, 0.2) is 0 Å². The quantitative estimate of drug-likeness (QED) is 0.743. The molecule has 0 atom stereocenters. The predicted octanol–water partition coefficient (Wildman–Crippen LogP) is 5.07. The number of halogens is 2. The van der Waals surface area contributed by atoms with Crippen LogP contribution in [0.5, 0.6) is 0 Å². The lowest BCUT2D eigenvalue weighted by molar-refractivity contribution is 1.10. The van der Waals surface area contributed by atoms with Crippen LogP contribution in [0.4, 0.5) is 0 Å². The summed E-state index contributed by atoms with van der Waals surface area (Å²) in [5, 5.41) is 1.02. The SMILES string of the molecule is Cc1cc(Sc2ccc(Br)cc2)ncc1Br. The van der Waals surface area contributed by atoms with Crippen molar-refractivity contribution in [3.63, 3.8) is 0 Å². The van der Waals surface area contributed by atoms with Crippen LogP contribution >= 0.6 is 43.6 Å². The summed E-state index contributed by atoms with van der Waals surface area (Å²) in [5.74, 6) is 0. The molecule has 0 saturated carbocycles. The Hall–Kier alpha value is -0.320. The van der Waals surface area contributed by atoms with Gasteiger partial charge in [-0.3, -0.25) is 0 Å². The van der Waals surface area contributed by atoms with Gasteiger partial charge in [-0.25, -0.2) is 4.98 Å². The van der Waals surface area contributed by atoms with Crippen LogP contribution in [0.2, 0.25) is 0 Å². The average Bonchev–Trinajstić information content (AvgIpc) is 2.27. The molecule has 0 aliphatic heterocycles. The van der Waals surface area contributed by atoms with Crippen LogP contribution in [0.3, 0.4) is 0 Å². The number of benzene rings is 1. The van der Waals surface area contributed by atoms with Crippen molar-refractivity contribution < 1.29 is 0 Å². The zero-order chi connectivity index (χ0) is 11.5. The van der Waals surface area contributed by atoms with Crippen molar-refractivity contribution in [1.29, 1.82) is 0 Å². The maximum atomic E-state index is 4.36. The van der Waals surface area contributed by atoms with Crippen molar-refractivity contribution in [3.05, 3.63) is 51.0 Å². The van der Waals surface area contributed by atoms with Crippen LogP contribution in [0.15, 0.2) is 55.4 Å². The molecule has 16 heavy (non-hydrogen) atoms. The van der Waals surface area contributed by atoms with E-state index in [1.165, 1.54) is 10.5 Å². The first-order valence-electron chi connectivity index (χ1n) is 4.71. The zero-order valence-electron chi connectivity index (χ0n) is 8.58. The zero-order valence-corrected chi connectivity index (χ0v) is 12.6. The van der Waals surface area contributed by atoms with E-state index >= 15 is 0 Å². The first kappa shape index (κ1) is 12.1. The molecule has 0 unspecified atom stereocenters. The highest BCUT2D eigenvalue weighted by atomic mass is 79.9. The van der Waals surface area contributed by atoms with Crippen LogP contribution in [-0.2, 0) is 0 Å². The molecule has 0 N–H and O–H groups in total. The number of nitrogens with zero attached hydrogens (tertiary/aromatic N) is 1. The van der Waals surface area contributed by atoms with Gasteiger partial charge in [0.2, 0.25) is 0 Å². The highest BCUT2D eigenvalue weighted by Gasteiger charge is 2.01. The molecule has 1 aromatic heterocycles. The fourth-order valence-electron chi connectivity index (χ4n) is 1.19. The molecule has 82 valence electrons. The molecule has 1 aromatic carbocycles. The Balaban J connectivity index is 2.20. The van der Waals surface area contributed by atoms with Crippen molar-refractivity contribution in [3.8, 4) is 0 Å². The summed E-state index contributed by atoms with van der Waals surface area (Å²) in [6, 6.07) is 10.3. The third-order valence-corrected chi connectivity index (χ3v) is 4.36. The molecule has 0 fully saturated rings. The summed E-state index contributed by atoms with van der Waals surface area (Å²) in [6.07, 6.45) is 1.84. The number of hydrogen-bond donors (Lipinski definition) is 0. The minimum absolute atomic E-state index is 1.02. The van der Waals surface area contributed by atoms with Gasteiger partial charge in [0, 0.05) is 20.0 Å². The Morgan fingerprint density at radius 1 is 1.12 bits per heavy atom. The van der Waals surface area contributed by atoms with Crippen LogP contribution in [-0.4, -0.2) is 4.98 Å². The number of aromatic nitrogens is 1. The minimum atomic E-state index is 1.02. The molecule has 2 rings (SSSR count). The Morgan fingerprint density at radius 2 is 1.81 bits per heavy atom. The molecular weight excluding hydrogens is 350 g/mol. The fourth-order valence-corrected chi connectivity index (χ4v) is 2.53. The number of hydrogen-bond acceptors (Lipinski definition) is 2. The van der Waals surface area contributed by atoms with Gasteiger partial charge >= 0.3 is 0 Å². The van der Waals surface area contributed by atoms with Crippen molar-refractivity contribution in [1.82, 2.24) is 4.98 Å².